The van der Waals surface area contributed by atoms with Gasteiger partial charge in [0.2, 0.25) is 0 Å². The number of rotatable bonds is 9. The highest BCUT2D eigenvalue weighted by molar-refractivity contribution is 14.1. The Morgan fingerprint density at radius 1 is 0.830 bits per heavy atom. The molecule has 0 spiro atoms. The Hall–Kier alpha value is -4.58. The van der Waals surface area contributed by atoms with E-state index in [1.54, 1.807) is 54.6 Å². The summed E-state index contributed by atoms with van der Waals surface area (Å²) in [6.45, 7) is 0.500. The van der Waals surface area contributed by atoms with Crippen molar-refractivity contribution in [1.82, 2.24) is 5.32 Å². The minimum absolute atomic E-state index is 0.190. The second-order valence-electron chi connectivity index (χ2n) is 10.4. The zero-order valence-corrected chi connectivity index (χ0v) is 28.4. The Kier molecular flexibility index (Phi) is 9.67. The molecule has 8 nitrogen and oxygen atoms in total. The van der Waals surface area contributed by atoms with Crippen molar-refractivity contribution in [3.8, 4) is 17.2 Å². The molecule has 47 heavy (non-hydrogen) atoms. The fraction of sp³-hybridized carbons (Fsp3) is 0.0833. The number of barbiturate groups is 1. The molecule has 1 N–H and O–H groups in total. The summed E-state index contributed by atoms with van der Waals surface area (Å²) in [7, 11) is 1.52. The van der Waals surface area contributed by atoms with E-state index in [-0.39, 0.29) is 17.9 Å². The molecule has 1 heterocycles. The number of hydrogen-bond acceptors (Lipinski definition) is 6. The van der Waals surface area contributed by atoms with Crippen molar-refractivity contribution in [3.63, 3.8) is 0 Å². The molecule has 0 bridgehead atoms. The number of nitrogens with zero attached hydrogens (tertiary/aromatic N) is 1. The van der Waals surface area contributed by atoms with E-state index in [9.17, 15) is 14.4 Å². The van der Waals surface area contributed by atoms with Gasteiger partial charge in [-0.05, 0) is 99.1 Å². The lowest BCUT2D eigenvalue weighted by molar-refractivity contribution is -0.122. The van der Waals surface area contributed by atoms with Crippen molar-refractivity contribution in [2.45, 2.75) is 13.2 Å². The van der Waals surface area contributed by atoms with E-state index in [4.69, 9.17) is 37.4 Å². The molecule has 1 saturated heterocycles. The minimum atomic E-state index is -0.858. The Labute approximate surface area is 294 Å². The van der Waals surface area contributed by atoms with Crippen molar-refractivity contribution >= 4 is 86.2 Å². The van der Waals surface area contributed by atoms with Gasteiger partial charge in [-0.15, -0.1) is 0 Å². The molecule has 1 aliphatic heterocycles. The normalized spacial score (nSPS) is 14.0. The third-order valence-electron chi connectivity index (χ3n) is 7.42. The van der Waals surface area contributed by atoms with E-state index in [2.05, 4.69) is 27.9 Å². The molecule has 236 valence electrons. The van der Waals surface area contributed by atoms with Crippen LogP contribution in [0, 0.1) is 3.57 Å². The lowest BCUT2D eigenvalue weighted by atomic mass is 10.1. The highest BCUT2D eigenvalue weighted by atomic mass is 127. The van der Waals surface area contributed by atoms with Gasteiger partial charge < -0.3 is 14.2 Å². The number of methoxy groups -OCH3 is 1. The van der Waals surface area contributed by atoms with Crippen LogP contribution in [-0.4, -0.2) is 25.0 Å². The number of amides is 4. The highest BCUT2D eigenvalue weighted by Crippen LogP contribution is 2.36. The first-order chi connectivity index (χ1) is 22.7. The van der Waals surface area contributed by atoms with Gasteiger partial charge in [-0.25, -0.2) is 9.69 Å². The molecule has 5 aromatic rings. The first-order valence-electron chi connectivity index (χ1n) is 14.3. The average molecular weight is 779 g/mol. The van der Waals surface area contributed by atoms with Crippen LogP contribution in [0.2, 0.25) is 10.0 Å². The summed E-state index contributed by atoms with van der Waals surface area (Å²) in [5.41, 5.74) is 2.32. The lowest BCUT2D eigenvalue weighted by Gasteiger charge is -2.26. The van der Waals surface area contributed by atoms with Crippen LogP contribution in [0.15, 0.2) is 103 Å². The Morgan fingerprint density at radius 2 is 1.57 bits per heavy atom. The molecule has 1 fully saturated rings. The molecular weight excluding hydrogens is 754 g/mol. The molecule has 0 unspecified atom stereocenters. The number of anilines is 1. The van der Waals surface area contributed by atoms with Gasteiger partial charge in [0.25, 0.3) is 11.8 Å². The van der Waals surface area contributed by atoms with Crippen LogP contribution < -0.4 is 24.4 Å². The maximum atomic E-state index is 13.5. The topological polar surface area (TPSA) is 94.2 Å². The number of nitrogens with one attached hydrogen (secondary N) is 1. The quantitative estimate of drug-likeness (QED) is 0.0916. The van der Waals surface area contributed by atoms with E-state index in [0.29, 0.717) is 43.0 Å². The van der Waals surface area contributed by atoms with E-state index in [1.165, 1.54) is 13.2 Å². The molecule has 5 aromatic carbocycles. The number of ether oxygens (including phenoxy) is 3. The van der Waals surface area contributed by atoms with Crippen molar-refractivity contribution in [1.29, 1.82) is 0 Å². The molecule has 11 heteroatoms. The Balaban J connectivity index is 1.20. The number of carbonyl (C=O) groups is 3. The zero-order valence-electron chi connectivity index (χ0n) is 24.8. The van der Waals surface area contributed by atoms with Crippen LogP contribution in [-0.2, 0) is 22.8 Å². The van der Waals surface area contributed by atoms with Crippen LogP contribution in [0.3, 0.4) is 0 Å². The standard InChI is InChI=1S/C36H25Cl2IN2O6/c1-45-32-17-21(16-31(39)33(32)47-19-23-7-4-6-22-5-2-3-8-28(22)23)15-29-34(42)40-36(44)41(35(29)43)26-11-13-27(14-12-26)46-20-24-9-10-25(37)18-30(24)38/h2-18H,19-20H2,1H3,(H,40,42,44)/b29-15+. The Morgan fingerprint density at radius 3 is 2.34 bits per heavy atom. The van der Waals surface area contributed by atoms with E-state index < -0.39 is 17.8 Å². The summed E-state index contributed by atoms with van der Waals surface area (Å²) < 4.78 is 18.4. The van der Waals surface area contributed by atoms with Crippen molar-refractivity contribution in [3.05, 3.63) is 133 Å². The van der Waals surface area contributed by atoms with Gasteiger partial charge in [-0.3, -0.25) is 14.9 Å². The molecular formula is C36H25Cl2IN2O6. The number of urea groups is 1. The monoisotopic (exact) mass is 778 g/mol. The number of hydrogen-bond donors (Lipinski definition) is 1. The molecule has 0 radical (unpaired) electrons. The first kappa shape index (κ1) is 32.4. The van der Waals surface area contributed by atoms with Crippen LogP contribution in [0.25, 0.3) is 16.8 Å². The summed E-state index contributed by atoms with van der Waals surface area (Å²) >= 11 is 14.3. The molecule has 0 aromatic heterocycles. The van der Waals surface area contributed by atoms with E-state index in [1.807, 2.05) is 42.5 Å². The summed E-state index contributed by atoms with van der Waals surface area (Å²) in [6.07, 6.45) is 1.42. The molecule has 6 rings (SSSR count). The molecule has 0 aliphatic carbocycles. The van der Waals surface area contributed by atoms with Gasteiger partial charge >= 0.3 is 6.03 Å². The second kappa shape index (κ2) is 14.0. The maximum Gasteiger partial charge on any atom is 0.335 e. The van der Waals surface area contributed by atoms with Crippen LogP contribution >= 0.6 is 45.8 Å². The molecule has 1 aliphatic rings. The third-order valence-corrected chi connectivity index (χ3v) is 8.81. The maximum absolute atomic E-state index is 13.5. The highest BCUT2D eigenvalue weighted by Gasteiger charge is 2.37. The minimum Gasteiger partial charge on any atom is -0.493 e. The van der Waals surface area contributed by atoms with Crippen molar-refractivity contribution < 1.29 is 28.6 Å². The second-order valence-corrected chi connectivity index (χ2v) is 12.4. The number of imide groups is 2. The van der Waals surface area contributed by atoms with Gasteiger partial charge in [-0.2, -0.15) is 0 Å². The van der Waals surface area contributed by atoms with Crippen LogP contribution in [0.5, 0.6) is 17.2 Å². The van der Waals surface area contributed by atoms with Gasteiger partial charge in [0, 0.05) is 15.6 Å². The number of benzene rings is 5. The number of halogens is 3. The van der Waals surface area contributed by atoms with E-state index in [0.717, 1.165) is 26.8 Å². The SMILES string of the molecule is COc1cc(/C=C2\C(=O)NC(=O)N(c3ccc(OCc4ccc(Cl)cc4Cl)cc3)C2=O)cc(I)c1OCc1cccc2ccccc12. The van der Waals surface area contributed by atoms with Crippen molar-refractivity contribution in [2.75, 3.05) is 12.0 Å². The fourth-order valence-electron chi connectivity index (χ4n) is 5.08. The molecule has 4 amide bonds. The summed E-state index contributed by atoms with van der Waals surface area (Å²) in [4.78, 5) is 40.1. The number of carbonyl (C=O) groups excluding carboxylic acids is 3. The van der Waals surface area contributed by atoms with Gasteiger partial charge in [0.1, 0.15) is 24.5 Å². The summed E-state index contributed by atoms with van der Waals surface area (Å²) in [6, 6.07) is 28.2. The van der Waals surface area contributed by atoms with E-state index >= 15 is 0 Å². The van der Waals surface area contributed by atoms with Gasteiger partial charge in [0.15, 0.2) is 11.5 Å². The molecule has 0 atom stereocenters. The van der Waals surface area contributed by atoms with Gasteiger partial charge in [-0.1, -0.05) is 71.7 Å². The Bertz CT molecular complexity index is 2060. The first-order valence-corrected chi connectivity index (χ1v) is 16.1. The van der Waals surface area contributed by atoms with Crippen LogP contribution in [0.4, 0.5) is 10.5 Å². The lowest BCUT2D eigenvalue weighted by Crippen LogP contribution is -2.54. The smallest absolute Gasteiger partial charge is 0.335 e. The van der Waals surface area contributed by atoms with Crippen molar-refractivity contribution in [2.24, 2.45) is 0 Å². The predicted molar refractivity (Wildman–Crippen MR) is 190 cm³/mol. The number of fused-ring (bicyclic) bond motifs is 1. The fourth-order valence-corrected chi connectivity index (χ4v) is 6.33. The zero-order chi connectivity index (χ0) is 33.1. The average Bonchev–Trinajstić information content (AvgIpc) is 3.06. The van der Waals surface area contributed by atoms with Crippen LogP contribution in [0.1, 0.15) is 16.7 Å². The molecule has 0 saturated carbocycles. The van der Waals surface area contributed by atoms with Gasteiger partial charge in [0.05, 0.1) is 16.4 Å². The summed E-state index contributed by atoms with van der Waals surface area (Å²) in [5.74, 6) is -0.135. The predicted octanol–water partition coefficient (Wildman–Crippen LogP) is 8.58. The summed E-state index contributed by atoms with van der Waals surface area (Å²) in [5, 5.41) is 5.46. The largest absolute Gasteiger partial charge is 0.493 e. The third kappa shape index (κ3) is 7.07.